The summed E-state index contributed by atoms with van der Waals surface area (Å²) in [6.07, 6.45) is 2.67. The van der Waals surface area contributed by atoms with Gasteiger partial charge in [-0.05, 0) is 37.5 Å². The van der Waals surface area contributed by atoms with Gasteiger partial charge in [0.15, 0.2) is 5.82 Å². The fraction of sp³-hybridized carbons (Fsp3) is 0.529. The van der Waals surface area contributed by atoms with Crippen molar-refractivity contribution in [2.75, 3.05) is 20.2 Å². The summed E-state index contributed by atoms with van der Waals surface area (Å²) < 4.78 is 37.8. The molecule has 1 aliphatic carbocycles. The van der Waals surface area contributed by atoms with Crippen molar-refractivity contribution >= 4 is 22.4 Å². The van der Waals surface area contributed by atoms with Crippen LogP contribution in [-0.4, -0.2) is 43.1 Å². The van der Waals surface area contributed by atoms with Gasteiger partial charge < -0.3 is 15.0 Å². The molecular formula is C17H25ClN4O4S. The van der Waals surface area contributed by atoms with E-state index in [-0.39, 0.29) is 28.9 Å². The summed E-state index contributed by atoms with van der Waals surface area (Å²) >= 11 is 0. The molecule has 1 aromatic heterocycles. The number of nitrogens with zero attached hydrogens (tertiary/aromatic N) is 3. The number of benzene rings is 1. The molecule has 0 bridgehead atoms. The van der Waals surface area contributed by atoms with Gasteiger partial charge in [0.05, 0.1) is 12.6 Å². The highest BCUT2D eigenvalue weighted by atomic mass is 35.5. The van der Waals surface area contributed by atoms with Crippen LogP contribution >= 0.6 is 12.4 Å². The minimum Gasteiger partial charge on any atom is -0.495 e. The van der Waals surface area contributed by atoms with E-state index in [1.54, 1.807) is 26.0 Å². The molecule has 1 aromatic carbocycles. The first kappa shape index (κ1) is 21.6. The minimum atomic E-state index is -3.70. The Bertz CT molecular complexity index is 892. The van der Waals surface area contributed by atoms with Crippen LogP contribution in [0.5, 0.6) is 5.75 Å². The average Bonchev–Trinajstić information content (AvgIpc) is 3.10. The van der Waals surface area contributed by atoms with E-state index in [0.29, 0.717) is 24.5 Å². The summed E-state index contributed by atoms with van der Waals surface area (Å²) in [6.45, 7) is 4.32. The number of nitrogens with two attached hydrogens (primary N) is 1. The molecule has 0 amide bonds. The third kappa shape index (κ3) is 3.82. The molecule has 0 spiro atoms. The molecule has 0 radical (unpaired) electrons. The van der Waals surface area contributed by atoms with E-state index in [2.05, 4.69) is 10.1 Å². The van der Waals surface area contributed by atoms with Crippen LogP contribution in [-0.2, 0) is 15.6 Å². The monoisotopic (exact) mass is 416 g/mol. The molecule has 0 atom stereocenters. The first-order valence-corrected chi connectivity index (χ1v) is 10.1. The lowest BCUT2D eigenvalue weighted by molar-refractivity contribution is 0.229. The number of hydrogen-bond donors (Lipinski definition) is 1. The molecule has 3 rings (SSSR count). The Kier molecular flexibility index (Phi) is 6.51. The summed E-state index contributed by atoms with van der Waals surface area (Å²) in [5.74, 6) is 0.979. The third-order valence-electron chi connectivity index (χ3n) is 4.85. The number of ether oxygens (including phenoxy) is 1. The van der Waals surface area contributed by atoms with E-state index in [1.807, 2.05) is 0 Å². The van der Waals surface area contributed by atoms with Crippen LogP contribution in [0.1, 0.15) is 38.9 Å². The van der Waals surface area contributed by atoms with E-state index >= 15 is 0 Å². The zero-order valence-corrected chi connectivity index (χ0v) is 17.3. The number of aromatic nitrogens is 2. The molecule has 2 aromatic rings. The van der Waals surface area contributed by atoms with Crippen molar-refractivity contribution in [3.63, 3.8) is 0 Å². The summed E-state index contributed by atoms with van der Waals surface area (Å²) in [7, 11) is -2.26. The smallest absolute Gasteiger partial charge is 0.258 e. The predicted molar refractivity (Wildman–Crippen MR) is 103 cm³/mol. The summed E-state index contributed by atoms with van der Waals surface area (Å²) in [4.78, 5) is 4.46. The minimum absolute atomic E-state index is 0. The van der Waals surface area contributed by atoms with Crippen molar-refractivity contribution in [2.45, 2.75) is 43.5 Å². The summed E-state index contributed by atoms with van der Waals surface area (Å²) in [5, 5.41) is 3.99. The van der Waals surface area contributed by atoms with Crippen molar-refractivity contribution in [2.24, 2.45) is 5.73 Å². The number of hydrogen-bond acceptors (Lipinski definition) is 7. The lowest BCUT2D eigenvalue weighted by atomic mass is 9.77. The maximum absolute atomic E-state index is 12.9. The maximum Gasteiger partial charge on any atom is 0.258 e. The summed E-state index contributed by atoms with van der Waals surface area (Å²) in [6, 6.07) is 4.80. The quantitative estimate of drug-likeness (QED) is 0.737. The molecule has 0 unspecified atom stereocenters. The van der Waals surface area contributed by atoms with Gasteiger partial charge in [-0.15, -0.1) is 12.4 Å². The van der Waals surface area contributed by atoms with Gasteiger partial charge in [0.2, 0.25) is 10.0 Å². The van der Waals surface area contributed by atoms with E-state index in [9.17, 15) is 8.42 Å². The fourth-order valence-corrected chi connectivity index (χ4v) is 4.68. The van der Waals surface area contributed by atoms with Gasteiger partial charge in [-0.2, -0.15) is 9.29 Å². The Labute approximate surface area is 165 Å². The fourth-order valence-electron chi connectivity index (χ4n) is 3.04. The molecule has 1 fully saturated rings. The summed E-state index contributed by atoms with van der Waals surface area (Å²) in [5.41, 5.74) is 6.20. The van der Waals surface area contributed by atoms with Crippen molar-refractivity contribution < 1.29 is 17.7 Å². The van der Waals surface area contributed by atoms with Gasteiger partial charge in [-0.3, -0.25) is 0 Å². The van der Waals surface area contributed by atoms with E-state index in [0.717, 1.165) is 19.3 Å². The van der Waals surface area contributed by atoms with Crippen LogP contribution in [0.25, 0.3) is 11.5 Å². The van der Waals surface area contributed by atoms with E-state index in [1.165, 1.54) is 17.5 Å². The molecule has 150 valence electrons. The van der Waals surface area contributed by atoms with Gasteiger partial charge in [-0.25, -0.2) is 8.42 Å². The van der Waals surface area contributed by atoms with Crippen LogP contribution in [0.2, 0.25) is 0 Å². The van der Waals surface area contributed by atoms with Crippen LogP contribution in [0, 0.1) is 0 Å². The normalized spacial score (nSPS) is 15.9. The first-order valence-electron chi connectivity index (χ1n) is 8.67. The standard InChI is InChI=1S/C17H24N4O4S.ClH/c1-4-21(5-2)26(22,23)14-11-12(7-8-13(14)24-3)15-19-16(20-25-15)17(18)9-6-10-17;/h7-8,11H,4-6,9-10,18H2,1-3H3;1H. The first-order chi connectivity index (χ1) is 12.4. The Balaban J connectivity index is 0.00000261. The number of halogens is 1. The molecule has 10 heteroatoms. The van der Waals surface area contributed by atoms with Crippen molar-refractivity contribution in [3.05, 3.63) is 24.0 Å². The number of methoxy groups -OCH3 is 1. The zero-order chi connectivity index (χ0) is 18.9. The molecule has 1 heterocycles. The number of rotatable bonds is 7. The maximum atomic E-state index is 12.9. The third-order valence-corrected chi connectivity index (χ3v) is 6.92. The molecular weight excluding hydrogens is 392 g/mol. The Morgan fingerprint density at radius 3 is 2.48 bits per heavy atom. The van der Waals surface area contributed by atoms with Crippen LogP contribution < -0.4 is 10.5 Å². The number of sulfonamides is 1. The molecule has 1 saturated carbocycles. The largest absolute Gasteiger partial charge is 0.495 e. The predicted octanol–water partition coefficient (Wildman–Crippen LogP) is 2.54. The van der Waals surface area contributed by atoms with Crippen molar-refractivity contribution in [1.29, 1.82) is 0 Å². The lowest BCUT2D eigenvalue weighted by Gasteiger charge is -2.34. The Morgan fingerprint density at radius 1 is 1.30 bits per heavy atom. The average molecular weight is 417 g/mol. The molecule has 1 aliphatic rings. The lowest BCUT2D eigenvalue weighted by Crippen LogP contribution is -2.44. The molecule has 2 N–H and O–H groups in total. The van der Waals surface area contributed by atoms with Gasteiger partial charge in [-0.1, -0.05) is 19.0 Å². The highest BCUT2D eigenvalue weighted by molar-refractivity contribution is 7.89. The van der Waals surface area contributed by atoms with Gasteiger partial charge in [0.1, 0.15) is 10.6 Å². The second kappa shape index (κ2) is 8.14. The molecule has 8 nitrogen and oxygen atoms in total. The highest BCUT2D eigenvalue weighted by Crippen LogP contribution is 2.38. The Hall–Kier alpha value is -1.68. The molecule has 0 aliphatic heterocycles. The highest BCUT2D eigenvalue weighted by Gasteiger charge is 2.39. The van der Waals surface area contributed by atoms with Crippen LogP contribution in [0.4, 0.5) is 0 Å². The van der Waals surface area contributed by atoms with Crippen LogP contribution in [0.15, 0.2) is 27.6 Å². The van der Waals surface area contributed by atoms with Gasteiger partial charge >= 0.3 is 0 Å². The van der Waals surface area contributed by atoms with E-state index < -0.39 is 15.6 Å². The van der Waals surface area contributed by atoms with Gasteiger partial charge in [0.25, 0.3) is 5.89 Å². The SMILES string of the molecule is CCN(CC)S(=O)(=O)c1cc(-c2nc(C3(N)CCC3)no2)ccc1OC.Cl. The van der Waals surface area contributed by atoms with Crippen molar-refractivity contribution in [3.8, 4) is 17.2 Å². The topological polar surface area (TPSA) is 112 Å². The Morgan fingerprint density at radius 2 is 1.96 bits per heavy atom. The van der Waals surface area contributed by atoms with Crippen molar-refractivity contribution in [1.82, 2.24) is 14.4 Å². The second-order valence-corrected chi connectivity index (χ2v) is 8.29. The second-order valence-electron chi connectivity index (χ2n) is 6.39. The zero-order valence-electron chi connectivity index (χ0n) is 15.6. The van der Waals surface area contributed by atoms with E-state index in [4.69, 9.17) is 15.0 Å². The van der Waals surface area contributed by atoms with Crippen LogP contribution in [0.3, 0.4) is 0 Å². The molecule has 27 heavy (non-hydrogen) atoms. The van der Waals surface area contributed by atoms with Gasteiger partial charge in [0, 0.05) is 18.7 Å². The molecule has 0 saturated heterocycles.